The molecule has 0 amide bonds. The summed E-state index contributed by atoms with van der Waals surface area (Å²) < 4.78 is 5.34. The lowest BCUT2D eigenvalue weighted by atomic mass is 9.83. The number of carbonyl (C=O) groups is 1. The second-order valence-electron chi connectivity index (χ2n) is 5.09. The van der Waals surface area contributed by atoms with Gasteiger partial charge in [-0.2, -0.15) is 0 Å². The van der Waals surface area contributed by atoms with Gasteiger partial charge in [-0.15, -0.1) is 0 Å². The van der Waals surface area contributed by atoms with Gasteiger partial charge in [-0.05, 0) is 37.0 Å². The van der Waals surface area contributed by atoms with Crippen LogP contribution in [0, 0.1) is 5.92 Å². The van der Waals surface area contributed by atoms with Gasteiger partial charge in [0.15, 0.2) is 5.78 Å². The summed E-state index contributed by atoms with van der Waals surface area (Å²) in [6.07, 6.45) is 6.68. The summed E-state index contributed by atoms with van der Waals surface area (Å²) in [5, 5.41) is 0. The van der Waals surface area contributed by atoms with E-state index in [0.717, 1.165) is 30.6 Å². The molecule has 0 unspecified atom stereocenters. The molecule has 1 aromatic carbocycles. The number of ether oxygens (including phenoxy) is 1. The molecule has 98 valence electrons. The average Bonchev–Trinajstić information content (AvgIpc) is 2.46. The first-order chi connectivity index (χ1) is 8.76. The molecule has 1 saturated carbocycles. The van der Waals surface area contributed by atoms with Gasteiger partial charge in [0, 0.05) is 5.92 Å². The molecular formula is C16H22O2. The lowest BCUT2D eigenvalue weighted by Gasteiger charge is -2.21. The van der Waals surface area contributed by atoms with Crippen molar-refractivity contribution >= 4 is 5.78 Å². The van der Waals surface area contributed by atoms with Crippen molar-refractivity contribution in [2.45, 2.75) is 45.4 Å². The highest BCUT2D eigenvalue weighted by molar-refractivity contribution is 6.00. The molecule has 1 aliphatic carbocycles. The van der Waals surface area contributed by atoms with Gasteiger partial charge in [0.1, 0.15) is 5.75 Å². The molecule has 0 radical (unpaired) electrons. The Morgan fingerprint density at radius 1 is 1.28 bits per heavy atom. The molecule has 0 saturated heterocycles. The molecule has 1 aliphatic rings. The summed E-state index contributed by atoms with van der Waals surface area (Å²) in [6, 6.07) is 5.97. The molecule has 18 heavy (non-hydrogen) atoms. The largest absolute Gasteiger partial charge is 0.496 e. The molecular weight excluding hydrogens is 224 g/mol. The van der Waals surface area contributed by atoms with Gasteiger partial charge in [0.2, 0.25) is 0 Å². The maximum atomic E-state index is 12.6. The summed E-state index contributed by atoms with van der Waals surface area (Å²) >= 11 is 0. The third-order valence-electron chi connectivity index (χ3n) is 3.91. The molecule has 0 aliphatic heterocycles. The zero-order valence-electron chi connectivity index (χ0n) is 11.4. The Kier molecular flexibility index (Phi) is 4.40. The Morgan fingerprint density at radius 2 is 2.00 bits per heavy atom. The van der Waals surface area contributed by atoms with Crippen molar-refractivity contribution in [3.05, 3.63) is 29.3 Å². The third kappa shape index (κ3) is 2.74. The first kappa shape index (κ1) is 13.1. The van der Waals surface area contributed by atoms with E-state index in [9.17, 15) is 4.79 Å². The SMILES string of the molecule is CCc1ccc(OC)c(C(=O)C2CCCCC2)c1. The van der Waals surface area contributed by atoms with Gasteiger partial charge >= 0.3 is 0 Å². The number of rotatable bonds is 4. The number of aryl methyl sites for hydroxylation is 1. The van der Waals surface area contributed by atoms with E-state index >= 15 is 0 Å². The number of Topliss-reactive ketones (excluding diaryl/α,β-unsaturated/α-hetero) is 1. The van der Waals surface area contributed by atoms with E-state index in [-0.39, 0.29) is 11.7 Å². The van der Waals surface area contributed by atoms with Crippen molar-refractivity contribution in [3.8, 4) is 5.75 Å². The molecule has 2 rings (SSSR count). The molecule has 2 heteroatoms. The minimum atomic E-state index is 0.208. The minimum Gasteiger partial charge on any atom is -0.496 e. The number of hydrogen-bond donors (Lipinski definition) is 0. The second kappa shape index (κ2) is 6.03. The van der Waals surface area contributed by atoms with Gasteiger partial charge in [0.05, 0.1) is 12.7 Å². The first-order valence-corrected chi connectivity index (χ1v) is 6.97. The minimum absolute atomic E-state index is 0.208. The molecule has 0 aromatic heterocycles. The van der Waals surface area contributed by atoms with E-state index in [1.807, 2.05) is 18.2 Å². The number of hydrogen-bond acceptors (Lipinski definition) is 2. The smallest absolute Gasteiger partial charge is 0.169 e. The van der Waals surface area contributed by atoms with Crippen LogP contribution in [0.3, 0.4) is 0 Å². The highest BCUT2D eigenvalue weighted by atomic mass is 16.5. The molecule has 0 atom stereocenters. The standard InChI is InChI=1S/C16H22O2/c1-3-12-9-10-15(18-2)14(11-12)16(17)13-7-5-4-6-8-13/h9-11,13H,3-8H2,1-2H3. The van der Waals surface area contributed by atoms with Gasteiger partial charge < -0.3 is 4.74 Å². The zero-order valence-corrected chi connectivity index (χ0v) is 11.4. The highest BCUT2D eigenvalue weighted by Crippen LogP contribution is 2.30. The predicted molar refractivity (Wildman–Crippen MR) is 73.3 cm³/mol. The number of methoxy groups -OCH3 is 1. The second-order valence-corrected chi connectivity index (χ2v) is 5.09. The zero-order chi connectivity index (χ0) is 13.0. The number of ketones is 1. The van der Waals surface area contributed by atoms with Crippen LogP contribution < -0.4 is 4.74 Å². The van der Waals surface area contributed by atoms with Crippen LogP contribution in [-0.2, 0) is 6.42 Å². The van der Waals surface area contributed by atoms with Crippen molar-refractivity contribution in [3.63, 3.8) is 0 Å². The Bertz CT molecular complexity index is 417. The lowest BCUT2D eigenvalue weighted by molar-refractivity contribution is 0.0886. The number of carbonyl (C=O) groups excluding carboxylic acids is 1. The Morgan fingerprint density at radius 3 is 2.61 bits per heavy atom. The maximum Gasteiger partial charge on any atom is 0.169 e. The first-order valence-electron chi connectivity index (χ1n) is 6.97. The quantitative estimate of drug-likeness (QED) is 0.750. The van der Waals surface area contributed by atoms with E-state index in [4.69, 9.17) is 4.74 Å². The van der Waals surface area contributed by atoms with Crippen molar-refractivity contribution in [1.29, 1.82) is 0 Å². The van der Waals surface area contributed by atoms with Crippen molar-refractivity contribution in [1.82, 2.24) is 0 Å². The Hall–Kier alpha value is -1.31. The third-order valence-corrected chi connectivity index (χ3v) is 3.91. The van der Waals surface area contributed by atoms with E-state index < -0.39 is 0 Å². The normalized spacial score (nSPS) is 16.6. The maximum absolute atomic E-state index is 12.6. The van der Waals surface area contributed by atoms with Gasteiger partial charge in [-0.3, -0.25) is 4.79 Å². The predicted octanol–water partition coefficient (Wildman–Crippen LogP) is 4.02. The monoisotopic (exact) mass is 246 g/mol. The molecule has 0 N–H and O–H groups in total. The number of benzene rings is 1. The van der Waals surface area contributed by atoms with Crippen molar-refractivity contribution < 1.29 is 9.53 Å². The topological polar surface area (TPSA) is 26.3 Å². The molecule has 1 fully saturated rings. The van der Waals surface area contributed by atoms with Crippen LogP contribution in [0.2, 0.25) is 0 Å². The summed E-state index contributed by atoms with van der Waals surface area (Å²) in [7, 11) is 1.64. The highest BCUT2D eigenvalue weighted by Gasteiger charge is 2.24. The average molecular weight is 246 g/mol. The van der Waals surface area contributed by atoms with Crippen molar-refractivity contribution in [2.75, 3.05) is 7.11 Å². The van der Waals surface area contributed by atoms with Gasteiger partial charge in [-0.25, -0.2) is 0 Å². The van der Waals surface area contributed by atoms with E-state index in [1.165, 1.54) is 24.8 Å². The summed E-state index contributed by atoms with van der Waals surface area (Å²) in [6.45, 7) is 2.11. The fraction of sp³-hybridized carbons (Fsp3) is 0.562. The molecule has 2 nitrogen and oxygen atoms in total. The Labute approximate surface area is 109 Å². The van der Waals surface area contributed by atoms with E-state index in [0.29, 0.717) is 0 Å². The van der Waals surface area contributed by atoms with E-state index in [2.05, 4.69) is 6.92 Å². The van der Waals surface area contributed by atoms with Crippen LogP contribution >= 0.6 is 0 Å². The van der Waals surface area contributed by atoms with E-state index in [1.54, 1.807) is 7.11 Å². The van der Waals surface area contributed by atoms with Crippen LogP contribution in [-0.4, -0.2) is 12.9 Å². The molecule has 0 spiro atoms. The summed E-state index contributed by atoms with van der Waals surface area (Å²) in [5.74, 6) is 1.21. The molecule has 0 bridgehead atoms. The van der Waals surface area contributed by atoms with Crippen LogP contribution in [0.4, 0.5) is 0 Å². The van der Waals surface area contributed by atoms with Crippen LogP contribution in [0.15, 0.2) is 18.2 Å². The van der Waals surface area contributed by atoms with Crippen LogP contribution in [0.5, 0.6) is 5.75 Å². The Balaban J connectivity index is 2.26. The summed E-state index contributed by atoms with van der Waals surface area (Å²) in [4.78, 5) is 12.6. The van der Waals surface area contributed by atoms with Crippen molar-refractivity contribution in [2.24, 2.45) is 5.92 Å². The molecule has 0 heterocycles. The van der Waals surface area contributed by atoms with Gasteiger partial charge in [-0.1, -0.05) is 32.3 Å². The summed E-state index contributed by atoms with van der Waals surface area (Å²) in [5.41, 5.74) is 1.98. The fourth-order valence-electron chi connectivity index (χ4n) is 2.75. The lowest BCUT2D eigenvalue weighted by Crippen LogP contribution is -2.18. The van der Waals surface area contributed by atoms with Crippen LogP contribution in [0.25, 0.3) is 0 Å². The van der Waals surface area contributed by atoms with Gasteiger partial charge in [0.25, 0.3) is 0 Å². The van der Waals surface area contributed by atoms with Crippen LogP contribution in [0.1, 0.15) is 54.9 Å². The molecule has 1 aromatic rings. The fourth-order valence-corrected chi connectivity index (χ4v) is 2.75.